The van der Waals surface area contributed by atoms with E-state index in [4.69, 9.17) is 10.5 Å². The number of hydrogen-bond donors (Lipinski definition) is 2. The van der Waals surface area contributed by atoms with Crippen LogP contribution in [0.1, 0.15) is 46.0 Å². The summed E-state index contributed by atoms with van der Waals surface area (Å²) in [5.41, 5.74) is 5.05. The van der Waals surface area contributed by atoms with Crippen LogP contribution in [-0.2, 0) is 4.74 Å². The quantitative estimate of drug-likeness (QED) is 0.709. The molecule has 0 spiro atoms. The Morgan fingerprint density at radius 2 is 2.00 bits per heavy atom. The molecule has 0 bridgehead atoms. The standard InChI is InChI=1S/C12H25NO2/c1-3-12(14,4-2)9-15-11-7-5-6-10(11)8-13/h10-11,14H,3-9,13H2,1-2H3. The van der Waals surface area contributed by atoms with Crippen molar-refractivity contribution in [2.45, 2.75) is 57.7 Å². The third kappa shape index (κ3) is 3.44. The molecule has 3 N–H and O–H groups in total. The Morgan fingerprint density at radius 3 is 2.53 bits per heavy atom. The molecule has 1 saturated carbocycles. The van der Waals surface area contributed by atoms with Crippen LogP contribution in [0.25, 0.3) is 0 Å². The predicted octanol–water partition coefficient (Wildman–Crippen LogP) is 1.68. The van der Waals surface area contributed by atoms with Crippen LogP contribution in [-0.4, -0.2) is 30.0 Å². The van der Waals surface area contributed by atoms with Gasteiger partial charge in [-0.1, -0.05) is 20.3 Å². The second-order valence-electron chi connectivity index (χ2n) is 4.71. The topological polar surface area (TPSA) is 55.5 Å². The highest BCUT2D eigenvalue weighted by Crippen LogP contribution is 2.28. The van der Waals surface area contributed by atoms with Crippen LogP contribution >= 0.6 is 0 Å². The summed E-state index contributed by atoms with van der Waals surface area (Å²) in [6.45, 7) is 5.17. The van der Waals surface area contributed by atoms with Gasteiger partial charge in [0.25, 0.3) is 0 Å². The second-order valence-corrected chi connectivity index (χ2v) is 4.71. The van der Waals surface area contributed by atoms with E-state index in [0.717, 1.165) is 19.3 Å². The van der Waals surface area contributed by atoms with E-state index in [1.165, 1.54) is 12.8 Å². The van der Waals surface area contributed by atoms with E-state index in [1.807, 2.05) is 13.8 Å². The van der Waals surface area contributed by atoms with Crippen LogP contribution in [0.3, 0.4) is 0 Å². The minimum atomic E-state index is -0.637. The first kappa shape index (κ1) is 12.9. The Labute approximate surface area is 93.0 Å². The lowest BCUT2D eigenvalue weighted by Crippen LogP contribution is -2.36. The van der Waals surface area contributed by atoms with Gasteiger partial charge in [0, 0.05) is 0 Å². The number of nitrogens with two attached hydrogens (primary N) is 1. The molecule has 1 fully saturated rings. The molecule has 0 amide bonds. The summed E-state index contributed by atoms with van der Waals surface area (Å²) in [6, 6.07) is 0. The molecule has 0 saturated heterocycles. The summed E-state index contributed by atoms with van der Waals surface area (Å²) in [4.78, 5) is 0. The zero-order valence-corrected chi connectivity index (χ0v) is 10.0. The summed E-state index contributed by atoms with van der Waals surface area (Å²) in [5.74, 6) is 0.503. The molecule has 2 atom stereocenters. The van der Waals surface area contributed by atoms with Crippen molar-refractivity contribution in [3.63, 3.8) is 0 Å². The Morgan fingerprint density at radius 1 is 1.33 bits per heavy atom. The first-order valence-electron chi connectivity index (χ1n) is 6.19. The van der Waals surface area contributed by atoms with Gasteiger partial charge >= 0.3 is 0 Å². The third-order valence-electron chi connectivity index (χ3n) is 3.77. The summed E-state index contributed by atoms with van der Waals surface area (Å²) < 4.78 is 5.82. The molecule has 15 heavy (non-hydrogen) atoms. The van der Waals surface area contributed by atoms with Crippen molar-refractivity contribution in [2.75, 3.05) is 13.2 Å². The molecule has 0 aromatic heterocycles. The number of aliphatic hydroxyl groups is 1. The molecular weight excluding hydrogens is 190 g/mol. The maximum Gasteiger partial charge on any atom is 0.0875 e. The highest BCUT2D eigenvalue weighted by molar-refractivity contribution is 4.81. The van der Waals surface area contributed by atoms with Gasteiger partial charge in [0.05, 0.1) is 18.3 Å². The molecule has 1 aliphatic carbocycles. The maximum atomic E-state index is 10.1. The van der Waals surface area contributed by atoms with E-state index in [1.54, 1.807) is 0 Å². The molecular formula is C12H25NO2. The Kier molecular flexibility index (Phi) is 5.03. The lowest BCUT2D eigenvalue weighted by Gasteiger charge is -2.28. The first-order valence-corrected chi connectivity index (χ1v) is 6.19. The van der Waals surface area contributed by atoms with Crippen molar-refractivity contribution < 1.29 is 9.84 Å². The fourth-order valence-corrected chi connectivity index (χ4v) is 2.21. The number of ether oxygens (including phenoxy) is 1. The van der Waals surface area contributed by atoms with Crippen molar-refractivity contribution in [1.29, 1.82) is 0 Å². The lowest BCUT2D eigenvalue weighted by molar-refractivity contribution is -0.0844. The minimum absolute atomic E-state index is 0.277. The Hall–Kier alpha value is -0.120. The van der Waals surface area contributed by atoms with Gasteiger partial charge in [0.15, 0.2) is 0 Å². The first-order chi connectivity index (χ1) is 7.15. The van der Waals surface area contributed by atoms with Crippen LogP contribution in [0.2, 0.25) is 0 Å². The highest BCUT2D eigenvalue weighted by atomic mass is 16.5. The van der Waals surface area contributed by atoms with Crippen LogP contribution < -0.4 is 5.73 Å². The van der Waals surface area contributed by atoms with Crippen molar-refractivity contribution in [2.24, 2.45) is 11.7 Å². The largest absolute Gasteiger partial charge is 0.388 e. The minimum Gasteiger partial charge on any atom is -0.388 e. The molecule has 3 heteroatoms. The Bertz CT molecular complexity index is 180. The molecule has 0 aliphatic heterocycles. The summed E-state index contributed by atoms with van der Waals surface area (Å²) in [7, 11) is 0. The van der Waals surface area contributed by atoms with Gasteiger partial charge in [-0.2, -0.15) is 0 Å². The zero-order chi connectivity index (χ0) is 11.3. The molecule has 2 unspecified atom stereocenters. The Balaban J connectivity index is 2.35. The summed E-state index contributed by atoms with van der Waals surface area (Å²) in [5, 5.41) is 10.1. The zero-order valence-electron chi connectivity index (χ0n) is 10.0. The molecule has 1 rings (SSSR count). The summed E-state index contributed by atoms with van der Waals surface area (Å²) >= 11 is 0. The van der Waals surface area contributed by atoms with E-state index < -0.39 is 5.60 Å². The van der Waals surface area contributed by atoms with Gasteiger partial charge in [-0.3, -0.25) is 0 Å². The van der Waals surface area contributed by atoms with Gasteiger partial charge in [-0.05, 0) is 38.1 Å². The fraction of sp³-hybridized carbons (Fsp3) is 1.00. The average Bonchev–Trinajstić information content (AvgIpc) is 2.73. The predicted molar refractivity (Wildman–Crippen MR) is 61.7 cm³/mol. The molecule has 1 aliphatic rings. The SMILES string of the molecule is CCC(O)(CC)COC1CCCC1CN. The van der Waals surface area contributed by atoms with Gasteiger partial charge in [0.1, 0.15) is 0 Å². The summed E-state index contributed by atoms with van der Waals surface area (Å²) in [6.07, 6.45) is 5.28. The fourth-order valence-electron chi connectivity index (χ4n) is 2.21. The molecule has 90 valence electrons. The van der Waals surface area contributed by atoms with Crippen LogP contribution in [0.4, 0.5) is 0 Å². The van der Waals surface area contributed by atoms with E-state index in [-0.39, 0.29) is 6.10 Å². The van der Waals surface area contributed by atoms with Gasteiger partial charge < -0.3 is 15.6 Å². The highest BCUT2D eigenvalue weighted by Gasteiger charge is 2.30. The molecule has 0 aromatic rings. The van der Waals surface area contributed by atoms with Crippen LogP contribution in [0.5, 0.6) is 0 Å². The molecule has 0 radical (unpaired) electrons. The molecule has 0 aromatic carbocycles. The lowest BCUT2D eigenvalue weighted by atomic mass is 9.98. The molecule has 3 nitrogen and oxygen atoms in total. The maximum absolute atomic E-state index is 10.1. The average molecular weight is 215 g/mol. The van der Waals surface area contributed by atoms with Crippen LogP contribution in [0.15, 0.2) is 0 Å². The van der Waals surface area contributed by atoms with Gasteiger partial charge in [-0.15, -0.1) is 0 Å². The van der Waals surface area contributed by atoms with Crippen molar-refractivity contribution in [3.8, 4) is 0 Å². The normalized spacial score (nSPS) is 27.2. The smallest absolute Gasteiger partial charge is 0.0875 e. The second kappa shape index (κ2) is 5.83. The van der Waals surface area contributed by atoms with E-state index in [0.29, 0.717) is 19.1 Å². The van der Waals surface area contributed by atoms with Crippen molar-refractivity contribution in [3.05, 3.63) is 0 Å². The number of rotatable bonds is 6. The van der Waals surface area contributed by atoms with Gasteiger partial charge in [0.2, 0.25) is 0 Å². The molecule has 0 heterocycles. The third-order valence-corrected chi connectivity index (χ3v) is 3.77. The van der Waals surface area contributed by atoms with Gasteiger partial charge in [-0.25, -0.2) is 0 Å². The van der Waals surface area contributed by atoms with E-state index >= 15 is 0 Å². The van der Waals surface area contributed by atoms with E-state index in [2.05, 4.69) is 0 Å². The van der Waals surface area contributed by atoms with Crippen LogP contribution in [0, 0.1) is 5.92 Å². The monoisotopic (exact) mass is 215 g/mol. The van der Waals surface area contributed by atoms with Crippen molar-refractivity contribution in [1.82, 2.24) is 0 Å². The van der Waals surface area contributed by atoms with Crippen molar-refractivity contribution >= 4 is 0 Å². The van der Waals surface area contributed by atoms with E-state index in [9.17, 15) is 5.11 Å². The number of hydrogen-bond acceptors (Lipinski definition) is 3.